The topological polar surface area (TPSA) is 72.8 Å². The Morgan fingerprint density at radius 3 is 2.32 bits per heavy atom. The van der Waals surface area contributed by atoms with Crippen molar-refractivity contribution in [1.82, 2.24) is 0 Å². The molecular formula is C29H36N2O3. The molecule has 2 aromatic carbocycles. The summed E-state index contributed by atoms with van der Waals surface area (Å²) in [5, 5.41) is 23.9. The first-order chi connectivity index (χ1) is 16.2. The molecule has 0 spiro atoms. The lowest BCUT2D eigenvalue weighted by atomic mass is 10.1. The van der Waals surface area contributed by atoms with Gasteiger partial charge in [-0.1, -0.05) is 47.1 Å². The van der Waals surface area contributed by atoms with Crippen LogP contribution in [0.25, 0.3) is 0 Å². The number of allylic oxidation sites excluding steroid dienone is 5. The molecule has 0 saturated carbocycles. The zero-order valence-corrected chi connectivity index (χ0v) is 20.9. The largest absolute Gasteiger partial charge is 0.508 e. The van der Waals surface area contributed by atoms with E-state index in [4.69, 9.17) is 0 Å². The van der Waals surface area contributed by atoms with Gasteiger partial charge in [-0.25, -0.2) is 0 Å². The van der Waals surface area contributed by atoms with Gasteiger partial charge in [0.15, 0.2) is 0 Å². The van der Waals surface area contributed by atoms with Crippen molar-refractivity contribution in [3.63, 3.8) is 0 Å². The van der Waals surface area contributed by atoms with Crippen LogP contribution < -0.4 is 10.2 Å². The molecule has 2 aromatic rings. The Labute approximate surface area is 203 Å². The van der Waals surface area contributed by atoms with Crippen molar-refractivity contribution in [2.75, 3.05) is 16.8 Å². The predicted octanol–water partition coefficient (Wildman–Crippen LogP) is 7.53. The maximum Gasteiger partial charge on any atom is 0.260 e. The van der Waals surface area contributed by atoms with E-state index in [1.165, 1.54) is 28.9 Å². The zero-order valence-electron chi connectivity index (χ0n) is 20.9. The van der Waals surface area contributed by atoms with Gasteiger partial charge in [-0.3, -0.25) is 4.79 Å². The molecule has 3 N–H and O–H groups in total. The molecule has 0 saturated heterocycles. The third kappa shape index (κ3) is 6.10. The summed E-state index contributed by atoms with van der Waals surface area (Å²) >= 11 is 0. The Morgan fingerprint density at radius 1 is 0.941 bits per heavy atom. The third-order valence-electron chi connectivity index (χ3n) is 6.12. The van der Waals surface area contributed by atoms with Crippen molar-refractivity contribution >= 4 is 23.0 Å². The van der Waals surface area contributed by atoms with Crippen LogP contribution in [0, 0.1) is 6.92 Å². The number of benzene rings is 2. The van der Waals surface area contributed by atoms with E-state index in [1.54, 1.807) is 11.0 Å². The Balaban J connectivity index is 1.80. The van der Waals surface area contributed by atoms with E-state index in [-0.39, 0.29) is 17.4 Å². The zero-order chi connectivity index (χ0) is 24.8. The van der Waals surface area contributed by atoms with Crippen LogP contribution in [0.15, 0.2) is 65.3 Å². The van der Waals surface area contributed by atoms with Crippen LogP contribution in [0.5, 0.6) is 11.5 Å². The van der Waals surface area contributed by atoms with Crippen molar-refractivity contribution in [3.05, 3.63) is 76.4 Å². The minimum absolute atomic E-state index is 0.0899. The number of fused-ring (bicyclic) bond motifs is 2. The van der Waals surface area contributed by atoms with E-state index >= 15 is 0 Å². The Hall–Kier alpha value is -3.47. The fraction of sp³-hybridized carbons (Fsp3) is 0.345. The number of nitrogens with zero attached hydrogens (tertiary/aromatic N) is 1. The highest BCUT2D eigenvalue weighted by atomic mass is 16.3. The van der Waals surface area contributed by atoms with Gasteiger partial charge in [0.25, 0.3) is 5.91 Å². The van der Waals surface area contributed by atoms with E-state index in [0.29, 0.717) is 29.2 Å². The summed E-state index contributed by atoms with van der Waals surface area (Å²) in [4.78, 5) is 15.1. The van der Waals surface area contributed by atoms with Crippen LogP contribution in [0.4, 0.5) is 17.1 Å². The Morgan fingerprint density at radius 2 is 1.62 bits per heavy atom. The van der Waals surface area contributed by atoms with Crippen LogP contribution in [0.3, 0.4) is 0 Å². The van der Waals surface area contributed by atoms with Gasteiger partial charge < -0.3 is 20.4 Å². The highest BCUT2D eigenvalue weighted by molar-refractivity contribution is 6.14. The quantitative estimate of drug-likeness (QED) is 0.216. The van der Waals surface area contributed by atoms with E-state index in [0.717, 1.165) is 31.2 Å². The number of rotatable bonds is 8. The lowest BCUT2D eigenvalue weighted by Crippen LogP contribution is -2.30. The second kappa shape index (κ2) is 11.1. The molecule has 0 fully saturated rings. The lowest BCUT2D eigenvalue weighted by Gasteiger charge is -2.22. The minimum atomic E-state index is -0.172. The second-order valence-corrected chi connectivity index (χ2v) is 9.36. The van der Waals surface area contributed by atoms with E-state index < -0.39 is 0 Å². The standard InChI is InChI=1S/C29H36N2O3/c1-19(2)9-6-10-20(3)11-7-12-21(4)15-16-31-25-17-23(32)18-26(33)28(25)30-27-22(5)13-8-14-24(27)29(31)34/h8-9,11,13-15,17-18,30,32-33H,6-7,10,12,16H2,1-5H3/b20-11+,21-15+. The number of carbonyl (C=O) groups is 1. The first kappa shape index (κ1) is 25.2. The average molecular weight is 461 g/mol. The summed E-state index contributed by atoms with van der Waals surface area (Å²) in [5.41, 5.74) is 6.93. The van der Waals surface area contributed by atoms with E-state index in [1.807, 2.05) is 19.1 Å². The van der Waals surface area contributed by atoms with Crippen LogP contribution in [-0.4, -0.2) is 22.7 Å². The average Bonchev–Trinajstić information content (AvgIpc) is 2.87. The molecule has 1 aliphatic heterocycles. The van der Waals surface area contributed by atoms with Crippen LogP contribution in [-0.2, 0) is 0 Å². The van der Waals surface area contributed by atoms with Crippen molar-refractivity contribution in [2.24, 2.45) is 0 Å². The highest BCUT2D eigenvalue weighted by Gasteiger charge is 2.29. The molecule has 0 atom stereocenters. The summed E-state index contributed by atoms with van der Waals surface area (Å²) in [6, 6.07) is 8.36. The number of hydrogen-bond acceptors (Lipinski definition) is 4. The monoisotopic (exact) mass is 460 g/mol. The van der Waals surface area contributed by atoms with Gasteiger partial charge in [-0.15, -0.1) is 0 Å². The van der Waals surface area contributed by atoms with Gasteiger partial charge >= 0.3 is 0 Å². The first-order valence-electron chi connectivity index (χ1n) is 11.9. The number of aryl methyl sites for hydroxylation is 1. The number of hydrogen-bond donors (Lipinski definition) is 3. The number of aromatic hydroxyl groups is 2. The molecule has 5 nitrogen and oxygen atoms in total. The molecule has 34 heavy (non-hydrogen) atoms. The Bertz CT molecular complexity index is 1150. The van der Waals surface area contributed by atoms with Gasteiger partial charge in [-0.2, -0.15) is 0 Å². The number of phenolic OH excluding ortho intramolecular Hbond substituents is 2. The number of amides is 1. The van der Waals surface area contributed by atoms with Crippen LogP contribution in [0.1, 0.15) is 69.3 Å². The van der Waals surface area contributed by atoms with Crippen LogP contribution in [0.2, 0.25) is 0 Å². The van der Waals surface area contributed by atoms with Crippen molar-refractivity contribution < 1.29 is 15.0 Å². The molecule has 0 aliphatic carbocycles. The maximum atomic E-state index is 13.5. The number of carbonyl (C=O) groups excluding carboxylic acids is 1. The number of para-hydroxylation sites is 1. The number of nitrogens with one attached hydrogen (secondary N) is 1. The summed E-state index contributed by atoms with van der Waals surface area (Å²) in [7, 11) is 0. The molecule has 0 bridgehead atoms. The smallest absolute Gasteiger partial charge is 0.260 e. The normalized spacial score (nSPS) is 13.7. The molecule has 1 amide bonds. The van der Waals surface area contributed by atoms with Gasteiger partial charge in [0.1, 0.15) is 17.2 Å². The molecule has 180 valence electrons. The second-order valence-electron chi connectivity index (χ2n) is 9.36. The molecule has 5 heteroatoms. The molecule has 1 heterocycles. The summed E-state index contributed by atoms with van der Waals surface area (Å²) in [5.74, 6) is -0.361. The van der Waals surface area contributed by atoms with Crippen molar-refractivity contribution in [3.8, 4) is 11.5 Å². The van der Waals surface area contributed by atoms with Crippen molar-refractivity contribution in [1.29, 1.82) is 0 Å². The van der Waals surface area contributed by atoms with Crippen LogP contribution >= 0.6 is 0 Å². The molecular weight excluding hydrogens is 424 g/mol. The number of anilines is 3. The number of phenols is 2. The molecule has 3 rings (SSSR count). The highest BCUT2D eigenvalue weighted by Crippen LogP contribution is 2.44. The SMILES string of the molecule is CC(C)=CCC/C(C)=C/CC/C(C)=C/CN1C(=O)c2cccc(C)c2Nc2c(O)cc(O)cc21. The summed E-state index contributed by atoms with van der Waals surface area (Å²) in [6.07, 6.45) is 10.6. The molecule has 0 unspecified atom stereocenters. The van der Waals surface area contributed by atoms with Gasteiger partial charge in [0.2, 0.25) is 0 Å². The van der Waals surface area contributed by atoms with Gasteiger partial charge in [0, 0.05) is 18.7 Å². The fourth-order valence-electron chi connectivity index (χ4n) is 4.10. The lowest BCUT2D eigenvalue weighted by molar-refractivity contribution is 0.0991. The van der Waals surface area contributed by atoms with Gasteiger partial charge in [-0.05, 0) is 71.9 Å². The summed E-state index contributed by atoms with van der Waals surface area (Å²) in [6.45, 7) is 10.8. The fourth-order valence-corrected chi connectivity index (χ4v) is 4.10. The first-order valence-corrected chi connectivity index (χ1v) is 11.9. The molecule has 0 radical (unpaired) electrons. The van der Waals surface area contributed by atoms with E-state index in [9.17, 15) is 15.0 Å². The Kier molecular flexibility index (Phi) is 8.21. The maximum absolute atomic E-state index is 13.5. The van der Waals surface area contributed by atoms with Crippen molar-refractivity contribution in [2.45, 2.75) is 60.3 Å². The minimum Gasteiger partial charge on any atom is -0.508 e. The third-order valence-corrected chi connectivity index (χ3v) is 6.12. The summed E-state index contributed by atoms with van der Waals surface area (Å²) < 4.78 is 0. The predicted molar refractivity (Wildman–Crippen MR) is 141 cm³/mol. The molecule has 0 aromatic heterocycles. The molecule has 1 aliphatic rings. The van der Waals surface area contributed by atoms with Gasteiger partial charge in [0.05, 0.1) is 16.9 Å². The van der Waals surface area contributed by atoms with E-state index in [2.05, 4.69) is 51.2 Å².